The third kappa shape index (κ3) is 2.46. The third-order valence-corrected chi connectivity index (χ3v) is 4.03. The van der Waals surface area contributed by atoms with Gasteiger partial charge in [-0.2, -0.15) is 0 Å². The van der Waals surface area contributed by atoms with Gasteiger partial charge in [0.05, 0.1) is 12.1 Å². The molecule has 1 aromatic carbocycles. The lowest BCUT2D eigenvalue weighted by Gasteiger charge is -2.10. The molecule has 24 heavy (non-hydrogen) atoms. The molecule has 4 aromatic rings. The maximum atomic E-state index is 13.5. The van der Waals surface area contributed by atoms with Crippen LogP contribution in [-0.4, -0.2) is 24.1 Å². The number of fused-ring (bicyclic) bond motifs is 1. The molecule has 0 aliphatic heterocycles. The summed E-state index contributed by atoms with van der Waals surface area (Å²) in [5.74, 6) is 1.35. The number of pyridine rings is 1. The minimum atomic E-state index is -0.271. The first-order valence-electron chi connectivity index (χ1n) is 7.83. The smallest absolute Gasteiger partial charge is 0.177 e. The number of imidazole rings is 2. The second kappa shape index (κ2) is 5.88. The second-order valence-corrected chi connectivity index (χ2v) is 5.51. The summed E-state index contributed by atoms with van der Waals surface area (Å²) in [6.07, 6.45) is 5.35. The number of nitrogens with zero attached hydrogens (tertiary/aromatic N) is 5. The van der Waals surface area contributed by atoms with Crippen LogP contribution in [-0.2, 0) is 13.1 Å². The van der Waals surface area contributed by atoms with E-state index in [1.165, 1.54) is 12.1 Å². The quantitative estimate of drug-likeness (QED) is 0.578. The van der Waals surface area contributed by atoms with Crippen LogP contribution in [0, 0.1) is 5.82 Å². The zero-order chi connectivity index (χ0) is 16.5. The van der Waals surface area contributed by atoms with E-state index in [-0.39, 0.29) is 5.82 Å². The summed E-state index contributed by atoms with van der Waals surface area (Å²) >= 11 is 0. The van der Waals surface area contributed by atoms with Gasteiger partial charge in [-0.1, -0.05) is 12.1 Å². The molecule has 3 heterocycles. The number of rotatable bonds is 4. The van der Waals surface area contributed by atoms with Crippen LogP contribution in [0.25, 0.3) is 22.6 Å². The number of benzene rings is 1. The van der Waals surface area contributed by atoms with Crippen LogP contribution >= 0.6 is 0 Å². The molecule has 4 rings (SSSR count). The molecule has 6 heteroatoms. The lowest BCUT2D eigenvalue weighted by atomic mass is 10.2. The van der Waals surface area contributed by atoms with Crippen LogP contribution in [0.15, 0.2) is 55.0 Å². The molecule has 0 aliphatic rings. The van der Waals surface area contributed by atoms with Gasteiger partial charge in [-0.05, 0) is 31.2 Å². The van der Waals surface area contributed by atoms with E-state index in [0.717, 1.165) is 34.9 Å². The van der Waals surface area contributed by atoms with Crippen molar-refractivity contribution >= 4 is 11.2 Å². The molecule has 5 nitrogen and oxygen atoms in total. The van der Waals surface area contributed by atoms with E-state index in [1.807, 2.05) is 29.0 Å². The van der Waals surface area contributed by atoms with Gasteiger partial charge in [0.2, 0.25) is 0 Å². The van der Waals surface area contributed by atoms with Crippen LogP contribution in [0.5, 0.6) is 0 Å². The van der Waals surface area contributed by atoms with Crippen molar-refractivity contribution < 1.29 is 4.39 Å². The van der Waals surface area contributed by atoms with Gasteiger partial charge in [0.25, 0.3) is 0 Å². The standard InChI is InChI=1S/C18H16FN5/c1-2-24-15-7-4-8-20-17(15)22-16(24)12-23-10-9-21-18(23)13-5-3-6-14(19)11-13/h3-11H,2,12H2,1H3. The molecule has 0 radical (unpaired) electrons. The van der Waals surface area contributed by atoms with E-state index in [0.29, 0.717) is 6.54 Å². The highest BCUT2D eigenvalue weighted by Crippen LogP contribution is 2.21. The summed E-state index contributed by atoms with van der Waals surface area (Å²) < 4.78 is 17.6. The molecule has 120 valence electrons. The number of hydrogen-bond donors (Lipinski definition) is 0. The highest BCUT2D eigenvalue weighted by Gasteiger charge is 2.13. The topological polar surface area (TPSA) is 48.5 Å². The van der Waals surface area contributed by atoms with Crippen LogP contribution in [0.4, 0.5) is 4.39 Å². The summed E-state index contributed by atoms with van der Waals surface area (Å²) in [7, 11) is 0. The largest absolute Gasteiger partial charge is 0.325 e. The van der Waals surface area contributed by atoms with Crippen molar-refractivity contribution in [1.82, 2.24) is 24.1 Å². The van der Waals surface area contributed by atoms with Gasteiger partial charge >= 0.3 is 0 Å². The monoisotopic (exact) mass is 321 g/mol. The molecule has 0 saturated heterocycles. The lowest BCUT2D eigenvalue weighted by molar-refractivity contribution is 0.627. The average molecular weight is 321 g/mol. The Kier molecular flexibility index (Phi) is 3.57. The van der Waals surface area contributed by atoms with Crippen molar-refractivity contribution in [3.05, 3.63) is 66.6 Å². The molecule has 0 unspecified atom stereocenters. The van der Waals surface area contributed by atoms with Crippen LogP contribution in [0.3, 0.4) is 0 Å². The van der Waals surface area contributed by atoms with Crippen LogP contribution in [0.1, 0.15) is 12.7 Å². The molecule has 0 amide bonds. The fourth-order valence-electron chi connectivity index (χ4n) is 2.96. The van der Waals surface area contributed by atoms with Crippen LogP contribution in [0.2, 0.25) is 0 Å². The van der Waals surface area contributed by atoms with Crippen molar-refractivity contribution in [2.45, 2.75) is 20.0 Å². The zero-order valence-electron chi connectivity index (χ0n) is 13.2. The van der Waals surface area contributed by atoms with E-state index < -0.39 is 0 Å². The summed E-state index contributed by atoms with van der Waals surface area (Å²) in [6, 6.07) is 10.4. The fourth-order valence-corrected chi connectivity index (χ4v) is 2.96. The van der Waals surface area contributed by atoms with Gasteiger partial charge in [0.15, 0.2) is 5.65 Å². The van der Waals surface area contributed by atoms with Crippen molar-refractivity contribution in [3.63, 3.8) is 0 Å². The Morgan fingerprint density at radius 2 is 2.00 bits per heavy atom. The van der Waals surface area contributed by atoms with Crippen molar-refractivity contribution in [2.24, 2.45) is 0 Å². The van der Waals surface area contributed by atoms with Gasteiger partial charge in [-0.25, -0.2) is 19.3 Å². The normalized spacial score (nSPS) is 11.2. The summed E-state index contributed by atoms with van der Waals surface area (Å²) in [6.45, 7) is 3.44. The molecule has 0 N–H and O–H groups in total. The molecule has 0 atom stereocenters. The molecule has 0 aliphatic carbocycles. The Labute approximate surface area is 138 Å². The second-order valence-electron chi connectivity index (χ2n) is 5.51. The Morgan fingerprint density at radius 3 is 2.83 bits per heavy atom. The predicted molar refractivity (Wildman–Crippen MR) is 89.9 cm³/mol. The average Bonchev–Trinajstić information content (AvgIpc) is 3.19. The summed E-state index contributed by atoms with van der Waals surface area (Å²) in [5.41, 5.74) is 2.50. The number of aromatic nitrogens is 5. The molecule has 0 spiro atoms. The minimum absolute atomic E-state index is 0.271. The van der Waals surface area contributed by atoms with E-state index in [1.54, 1.807) is 18.5 Å². The minimum Gasteiger partial charge on any atom is -0.325 e. The number of halogens is 1. The van der Waals surface area contributed by atoms with Gasteiger partial charge < -0.3 is 9.13 Å². The van der Waals surface area contributed by atoms with E-state index >= 15 is 0 Å². The van der Waals surface area contributed by atoms with Crippen molar-refractivity contribution in [3.8, 4) is 11.4 Å². The zero-order valence-corrected chi connectivity index (χ0v) is 13.2. The fraction of sp³-hybridized carbons (Fsp3) is 0.167. The first kappa shape index (κ1) is 14.6. The molecule has 0 bridgehead atoms. The van der Waals surface area contributed by atoms with E-state index in [2.05, 4.69) is 26.4 Å². The van der Waals surface area contributed by atoms with Gasteiger partial charge in [-0.3, -0.25) is 0 Å². The van der Waals surface area contributed by atoms with Crippen molar-refractivity contribution in [1.29, 1.82) is 0 Å². The molecule has 0 fully saturated rings. The SMILES string of the molecule is CCn1c(Cn2ccnc2-c2cccc(F)c2)nc2ncccc21. The highest BCUT2D eigenvalue weighted by molar-refractivity contribution is 5.71. The molecule has 0 saturated carbocycles. The number of aryl methyl sites for hydroxylation is 1. The predicted octanol–water partition coefficient (Wildman–Crippen LogP) is 3.50. The first-order valence-corrected chi connectivity index (χ1v) is 7.83. The maximum absolute atomic E-state index is 13.5. The number of hydrogen-bond acceptors (Lipinski definition) is 3. The van der Waals surface area contributed by atoms with Crippen molar-refractivity contribution in [2.75, 3.05) is 0 Å². The Hall–Kier alpha value is -3.02. The summed E-state index contributed by atoms with van der Waals surface area (Å²) in [4.78, 5) is 13.3. The van der Waals surface area contributed by atoms with Gasteiger partial charge in [0.1, 0.15) is 17.5 Å². The van der Waals surface area contributed by atoms with Gasteiger partial charge in [-0.15, -0.1) is 0 Å². The summed E-state index contributed by atoms with van der Waals surface area (Å²) in [5, 5.41) is 0. The Morgan fingerprint density at radius 1 is 1.08 bits per heavy atom. The molecular weight excluding hydrogens is 305 g/mol. The third-order valence-electron chi connectivity index (χ3n) is 4.03. The van der Waals surface area contributed by atoms with Crippen LogP contribution < -0.4 is 0 Å². The first-order chi connectivity index (χ1) is 11.8. The Bertz CT molecular complexity index is 1000. The molecular formula is C18H16FN5. The van der Waals surface area contributed by atoms with E-state index in [9.17, 15) is 4.39 Å². The van der Waals surface area contributed by atoms with E-state index in [4.69, 9.17) is 0 Å². The Balaban J connectivity index is 1.76. The maximum Gasteiger partial charge on any atom is 0.177 e. The van der Waals surface area contributed by atoms with Gasteiger partial charge in [0, 0.05) is 30.7 Å². The lowest BCUT2D eigenvalue weighted by Crippen LogP contribution is -2.08. The highest BCUT2D eigenvalue weighted by atomic mass is 19.1. The molecule has 3 aromatic heterocycles.